The largest absolute Gasteiger partial charge is 0.378 e. The predicted octanol–water partition coefficient (Wildman–Crippen LogP) is 3.19. The van der Waals surface area contributed by atoms with Gasteiger partial charge in [0.25, 0.3) is 0 Å². The third-order valence-electron chi connectivity index (χ3n) is 5.32. The zero-order valence-corrected chi connectivity index (χ0v) is 17.3. The molecule has 162 valence electrons. The SMILES string of the molecule is CC1COC(c2nc(-c3ccc(F)cc3)c(-c3ccnc(N4CCOCC4)n3)[nH]2)OC1. The topological polar surface area (TPSA) is 85.4 Å². The number of imidazole rings is 1. The van der Waals surface area contributed by atoms with Crippen molar-refractivity contribution in [3.05, 3.63) is 48.2 Å². The molecule has 0 aliphatic carbocycles. The van der Waals surface area contributed by atoms with E-state index in [9.17, 15) is 4.39 Å². The molecule has 2 aliphatic rings. The summed E-state index contributed by atoms with van der Waals surface area (Å²) in [4.78, 5) is 19.4. The van der Waals surface area contributed by atoms with Crippen LogP contribution in [0.25, 0.3) is 22.6 Å². The van der Waals surface area contributed by atoms with Crippen LogP contribution >= 0.6 is 0 Å². The monoisotopic (exact) mass is 425 g/mol. The average Bonchev–Trinajstić information content (AvgIpc) is 3.26. The van der Waals surface area contributed by atoms with Crippen molar-refractivity contribution >= 4 is 5.95 Å². The Morgan fingerprint density at radius 3 is 2.52 bits per heavy atom. The van der Waals surface area contributed by atoms with E-state index >= 15 is 0 Å². The number of aromatic amines is 1. The number of nitrogens with one attached hydrogen (secondary N) is 1. The van der Waals surface area contributed by atoms with E-state index in [1.165, 1.54) is 12.1 Å². The molecule has 0 atom stereocenters. The zero-order chi connectivity index (χ0) is 21.2. The third kappa shape index (κ3) is 4.30. The first-order chi connectivity index (χ1) is 15.2. The second-order valence-corrected chi connectivity index (χ2v) is 7.80. The molecule has 0 saturated carbocycles. The van der Waals surface area contributed by atoms with Crippen molar-refractivity contribution in [2.75, 3.05) is 44.4 Å². The van der Waals surface area contributed by atoms with Crippen LogP contribution in [0.1, 0.15) is 19.0 Å². The molecule has 0 spiro atoms. The van der Waals surface area contributed by atoms with E-state index in [0.717, 1.165) is 18.7 Å². The molecular formula is C22H24FN5O3. The molecule has 1 N–H and O–H groups in total. The van der Waals surface area contributed by atoms with Gasteiger partial charge in [0.1, 0.15) is 5.82 Å². The first-order valence-corrected chi connectivity index (χ1v) is 10.4. The molecule has 1 aromatic carbocycles. The molecule has 0 amide bonds. The molecule has 2 aliphatic heterocycles. The number of aromatic nitrogens is 4. The number of anilines is 1. The first-order valence-electron chi connectivity index (χ1n) is 10.4. The lowest BCUT2D eigenvalue weighted by Gasteiger charge is -2.26. The molecule has 0 bridgehead atoms. The van der Waals surface area contributed by atoms with E-state index in [2.05, 4.69) is 21.8 Å². The van der Waals surface area contributed by atoms with Crippen LogP contribution in [-0.4, -0.2) is 59.5 Å². The van der Waals surface area contributed by atoms with Crippen molar-refractivity contribution in [3.8, 4) is 22.6 Å². The van der Waals surface area contributed by atoms with Gasteiger partial charge in [-0.25, -0.2) is 19.3 Å². The van der Waals surface area contributed by atoms with Gasteiger partial charge in [-0.2, -0.15) is 0 Å². The number of morpholine rings is 1. The summed E-state index contributed by atoms with van der Waals surface area (Å²) >= 11 is 0. The maximum absolute atomic E-state index is 13.5. The maximum atomic E-state index is 13.5. The van der Waals surface area contributed by atoms with Crippen molar-refractivity contribution in [3.63, 3.8) is 0 Å². The third-order valence-corrected chi connectivity index (χ3v) is 5.32. The smallest absolute Gasteiger partial charge is 0.226 e. The van der Waals surface area contributed by atoms with E-state index in [4.69, 9.17) is 24.2 Å². The Morgan fingerprint density at radius 1 is 1.03 bits per heavy atom. The Balaban J connectivity index is 1.54. The highest BCUT2D eigenvalue weighted by Gasteiger charge is 2.27. The van der Waals surface area contributed by atoms with Gasteiger partial charge in [-0.15, -0.1) is 0 Å². The number of hydrogen-bond donors (Lipinski definition) is 1. The molecule has 0 unspecified atom stereocenters. The Morgan fingerprint density at radius 2 is 1.77 bits per heavy atom. The molecule has 2 saturated heterocycles. The second-order valence-electron chi connectivity index (χ2n) is 7.80. The summed E-state index contributed by atoms with van der Waals surface area (Å²) in [7, 11) is 0. The zero-order valence-electron chi connectivity index (χ0n) is 17.3. The van der Waals surface area contributed by atoms with Crippen LogP contribution in [0.4, 0.5) is 10.3 Å². The minimum atomic E-state index is -0.579. The molecule has 2 fully saturated rings. The standard InChI is InChI=1S/C22H24FN5O3/c1-14-12-30-21(31-13-14)20-26-18(15-2-4-16(23)5-3-15)19(27-20)17-6-7-24-22(25-17)28-8-10-29-11-9-28/h2-7,14,21H,8-13H2,1H3,(H,26,27). The lowest BCUT2D eigenvalue weighted by Crippen LogP contribution is -2.37. The summed E-state index contributed by atoms with van der Waals surface area (Å²) < 4.78 is 30.6. The van der Waals surface area contributed by atoms with Gasteiger partial charge >= 0.3 is 0 Å². The van der Waals surface area contributed by atoms with Gasteiger partial charge < -0.3 is 24.1 Å². The van der Waals surface area contributed by atoms with Gasteiger partial charge in [-0.1, -0.05) is 6.92 Å². The molecule has 9 heteroatoms. The molecule has 0 radical (unpaired) electrons. The van der Waals surface area contributed by atoms with E-state index < -0.39 is 6.29 Å². The van der Waals surface area contributed by atoms with Crippen molar-refractivity contribution < 1.29 is 18.6 Å². The molecular weight excluding hydrogens is 401 g/mol. The summed E-state index contributed by atoms with van der Waals surface area (Å²) in [5.41, 5.74) is 2.84. The van der Waals surface area contributed by atoms with E-state index in [1.54, 1.807) is 18.3 Å². The number of H-pyrrole nitrogens is 1. The van der Waals surface area contributed by atoms with E-state index in [1.807, 2.05) is 6.07 Å². The van der Waals surface area contributed by atoms with E-state index in [0.29, 0.717) is 61.2 Å². The van der Waals surface area contributed by atoms with Gasteiger partial charge in [0.05, 0.1) is 43.5 Å². The molecule has 4 heterocycles. The van der Waals surface area contributed by atoms with Crippen LogP contribution in [0.15, 0.2) is 36.5 Å². The van der Waals surface area contributed by atoms with Crippen molar-refractivity contribution in [1.82, 2.24) is 19.9 Å². The van der Waals surface area contributed by atoms with Gasteiger partial charge in [0.2, 0.25) is 12.2 Å². The summed E-state index contributed by atoms with van der Waals surface area (Å²) in [6.45, 7) is 6.05. The quantitative estimate of drug-likeness (QED) is 0.687. The fraction of sp³-hybridized carbons (Fsp3) is 0.409. The number of halogens is 1. The maximum Gasteiger partial charge on any atom is 0.226 e. The second kappa shape index (κ2) is 8.70. The molecule has 5 rings (SSSR count). The number of nitrogens with zero attached hydrogens (tertiary/aromatic N) is 4. The van der Waals surface area contributed by atoms with Crippen LogP contribution in [-0.2, 0) is 14.2 Å². The fourth-order valence-electron chi connectivity index (χ4n) is 3.67. The van der Waals surface area contributed by atoms with Crippen LogP contribution in [0.2, 0.25) is 0 Å². The Kier molecular flexibility index (Phi) is 5.63. The Labute approximate surface area is 179 Å². The Hall–Kier alpha value is -2.88. The van der Waals surface area contributed by atoms with Crippen LogP contribution in [0.3, 0.4) is 0 Å². The summed E-state index contributed by atoms with van der Waals surface area (Å²) in [6, 6.07) is 8.07. The normalized spacial score (nSPS) is 21.9. The molecule has 31 heavy (non-hydrogen) atoms. The Bertz CT molecular complexity index is 1030. The van der Waals surface area contributed by atoms with E-state index in [-0.39, 0.29) is 5.82 Å². The van der Waals surface area contributed by atoms with Gasteiger partial charge in [0.15, 0.2) is 5.82 Å². The van der Waals surface area contributed by atoms with Crippen molar-refractivity contribution in [2.24, 2.45) is 5.92 Å². The van der Waals surface area contributed by atoms with Crippen LogP contribution in [0.5, 0.6) is 0 Å². The lowest BCUT2D eigenvalue weighted by atomic mass is 10.1. The summed E-state index contributed by atoms with van der Waals surface area (Å²) in [5, 5.41) is 0. The van der Waals surface area contributed by atoms with Crippen LogP contribution < -0.4 is 4.90 Å². The first kappa shape index (κ1) is 20.0. The summed E-state index contributed by atoms with van der Waals surface area (Å²) in [6.07, 6.45) is 1.15. The highest BCUT2D eigenvalue weighted by Crippen LogP contribution is 2.33. The number of hydrogen-bond acceptors (Lipinski definition) is 7. The molecule has 2 aromatic heterocycles. The van der Waals surface area contributed by atoms with Crippen molar-refractivity contribution in [2.45, 2.75) is 13.2 Å². The van der Waals surface area contributed by atoms with Gasteiger partial charge in [-0.05, 0) is 30.3 Å². The molecule has 3 aromatic rings. The lowest BCUT2D eigenvalue weighted by molar-refractivity contribution is -0.205. The minimum Gasteiger partial charge on any atom is -0.378 e. The molecule has 8 nitrogen and oxygen atoms in total. The predicted molar refractivity (Wildman–Crippen MR) is 112 cm³/mol. The van der Waals surface area contributed by atoms with Gasteiger partial charge in [-0.3, -0.25) is 0 Å². The fourth-order valence-corrected chi connectivity index (χ4v) is 3.67. The van der Waals surface area contributed by atoms with Crippen LogP contribution in [0, 0.1) is 11.7 Å². The number of benzene rings is 1. The summed E-state index contributed by atoms with van der Waals surface area (Å²) in [5.74, 6) is 1.24. The van der Waals surface area contributed by atoms with Crippen molar-refractivity contribution in [1.29, 1.82) is 0 Å². The number of ether oxygens (including phenoxy) is 3. The minimum absolute atomic E-state index is 0.300. The average molecular weight is 425 g/mol. The highest BCUT2D eigenvalue weighted by molar-refractivity contribution is 5.77. The number of rotatable bonds is 4. The van der Waals surface area contributed by atoms with Gasteiger partial charge in [0, 0.05) is 30.8 Å². The highest BCUT2D eigenvalue weighted by atomic mass is 19.1.